The fraction of sp³-hybridized carbons (Fsp3) is 0.250. The molecule has 0 spiro atoms. The summed E-state index contributed by atoms with van der Waals surface area (Å²) in [6.07, 6.45) is 1.42. The first-order chi connectivity index (χ1) is 15.2. The Morgan fingerprint density at radius 1 is 1.13 bits per heavy atom. The fourth-order valence-corrected chi connectivity index (χ4v) is 3.60. The Hall–Kier alpha value is -3.76. The Morgan fingerprint density at radius 3 is 2.71 bits per heavy atom. The molecule has 7 nitrogen and oxygen atoms in total. The van der Waals surface area contributed by atoms with Crippen molar-refractivity contribution < 1.29 is 9.52 Å². The Balaban J connectivity index is 1.57. The van der Waals surface area contributed by atoms with Crippen LogP contribution in [0.4, 0.5) is 6.01 Å². The standard InChI is InChI=1S/C24H23N5O2/c1-2-17(10-11-30)23-28-29-24(31-23)26-15-16-8-9-20-21(18-6-4-3-5-7-18)13-19(14-25)27-22(20)12-16/h3-9,12-13,17,30H,2,10-11,15H2,1H3,(H,26,29). The molecular weight excluding hydrogens is 390 g/mol. The lowest BCUT2D eigenvalue weighted by molar-refractivity contribution is 0.263. The van der Waals surface area contributed by atoms with Gasteiger partial charge in [0.2, 0.25) is 5.89 Å². The molecule has 2 N–H and O–H groups in total. The van der Waals surface area contributed by atoms with E-state index < -0.39 is 0 Å². The van der Waals surface area contributed by atoms with Gasteiger partial charge >= 0.3 is 6.01 Å². The van der Waals surface area contributed by atoms with E-state index in [0.717, 1.165) is 34.0 Å². The number of hydrogen-bond donors (Lipinski definition) is 2. The molecule has 2 heterocycles. The smallest absolute Gasteiger partial charge is 0.315 e. The van der Waals surface area contributed by atoms with Gasteiger partial charge in [0.1, 0.15) is 11.8 Å². The van der Waals surface area contributed by atoms with Crippen LogP contribution < -0.4 is 5.32 Å². The molecule has 0 radical (unpaired) electrons. The molecule has 0 aliphatic carbocycles. The molecule has 0 saturated carbocycles. The second-order valence-electron chi connectivity index (χ2n) is 7.30. The van der Waals surface area contributed by atoms with E-state index in [1.54, 1.807) is 0 Å². The molecule has 2 aromatic carbocycles. The number of aromatic nitrogens is 3. The van der Waals surface area contributed by atoms with Crippen molar-refractivity contribution in [3.63, 3.8) is 0 Å². The van der Waals surface area contributed by atoms with E-state index in [2.05, 4.69) is 26.6 Å². The summed E-state index contributed by atoms with van der Waals surface area (Å²) in [5.41, 5.74) is 4.16. The number of aliphatic hydroxyl groups excluding tert-OH is 1. The van der Waals surface area contributed by atoms with Crippen molar-refractivity contribution in [1.29, 1.82) is 5.26 Å². The van der Waals surface area contributed by atoms with Gasteiger partial charge in [-0.3, -0.25) is 0 Å². The van der Waals surface area contributed by atoms with Gasteiger partial charge in [-0.2, -0.15) is 5.26 Å². The average Bonchev–Trinajstić information content (AvgIpc) is 3.29. The molecule has 0 aliphatic heterocycles. The zero-order chi connectivity index (χ0) is 21.6. The zero-order valence-corrected chi connectivity index (χ0v) is 17.2. The normalized spacial score (nSPS) is 11.9. The Labute approximate surface area is 180 Å². The number of hydrogen-bond acceptors (Lipinski definition) is 7. The van der Waals surface area contributed by atoms with Crippen molar-refractivity contribution in [1.82, 2.24) is 15.2 Å². The minimum Gasteiger partial charge on any atom is -0.408 e. The largest absolute Gasteiger partial charge is 0.408 e. The highest BCUT2D eigenvalue weighted by Crippen LogP contribution is 2.29. The number of pyridine rings is 1. The monoisotopic (exact) mass is 413 g/mol. The van der Waals surface area contributed by atoms with Gasteiger partial charge in [0.05, 0.1) is 5.52 Å². The van der Waals surface area contributed by atoms with Crippen LogP contribution in [0.25, 0.3) is 22.0 Å². The van der Waals surface area contributed by atoms with E-state index in [4.69, 9.17) is 4.42 Å². The Morgan fingerprint density at radius 2 is 1.97 bits per heavy atom. The van der Waals surface area contributed by atoms with Crippen LogP contribution in [0.1, 0.15) is 42.8 Å². The van der Waals surface area contributed by atoms with Crippen LogP contribution in [0.5, 0.6) is 0 Å². The Bertz CT molecular complexity index is 1210. The van der Waals surface area contributed by atoms with E-state index in [9.17, 15) is 10.4 Å². The third kappa shape index (κ3) is 4.55. The summed E-state index contributed by atoms with van der Waals surface area (Å²) < 4.78 is 5.71. The van der Waals surface area contributed by atoms with Crippen LogP contribution in [0.3, 0.4) is 0 Å². The van der Waals surface area contributed by atoms with Crippen molar-refractivity contribution >= 4 is 16.9 Å². The van der Waals surface area contributed by atoms with Gasteiger partial charge in [-0.15, -0.1) is 5.10 Å². The maximum atomic E-state index is 9.43. The lowest BCUT2D eigenvalue weighted by Gasteiger charge is -2.10. The molecule has 1 atom stereocenters. The van der Waals surface area contributed by atoms with Crippen molar-refractivity contribution in [3.8, 4) is 17.2 Å². The predicted octanol–water partition coefficient (Wildman–Crippen LogP) is 4.64. The van der Waals surface area contributed by atoms with Gasteiger partial charge in [-0.05, 0) is 41.7 Å². The fourth-order valence-electron chi connectivity index (χ4n) is 3.60. The minimum absolute atomic E-state index is 0.0544. The van der Waals surface area contributed by atoms with E-state index in [1.165, 1.54) is 0 Å². The summed E-state index contributed by atoms with van der Waals surface area (Å²) in [4.78, 5) is 4.49. The van der Waals surface area contributed by atoms with Gasteiger partial charge < -0.3 is 14.8 Å². The molecule has 31 heavy (non-hydrogen) atoms. The highest BCUT2D eigenvalue weighted by molar-refractivity contribution is 5.95. The van der Waals surface area contributed by atoms with Gasteiger partial charge in [-0.1, -0.05) is 54.5 Å². The van der Waals surface area contributed by atoms with Crippen molar-refractivity contribution in [2.24, 2.45) is 0 Å². The summed E-state index contributed by atoms with van der Waals surface area (Å²) in [7, 11) is 0. The van der Waals surface area contributed by atoms with Crippen molar-refractivity contribution in [2.45, 2.75) is 32.2 Å². The van der Waals surface area contributed by atoms with E-state index >= 15 is 0 Å². The molecule has 0 amide bonds. The van der Waals surface area contributed by atoms with Gasteiger partial charge in [0.15, 0.2) is 0 Å². The SMILES string of the molecule is CCC(CCO)c1nnc(NCc2ccc3c(-c4ccccc4)cc(C#N)nc3c2)o1. The highest BCUT2D eigenvalue weighted by Gasteiger charge is 2.16. The van der Waals surface area contributed by atoms with E-state index in [0.29, 0.717) is 30.6 Å². The number of rotatable bonds is 8. The number of nitriles is 1. The summed E-state index contributed by atoms with van der Waals surface area (Å²) in [5, 5.41) is 30.9. The lowest BCUT2D eigenvalue weighted by Crippen LogP contribution is -2.01. The highest BCUT2D eigenvalue weighted by atomic mass is 16.4. The van der Waals surface area contributed by atoms with E-state index in [1.807, 2.05) is 61.5 Å². The number of nitrogens with zero attached hydrogens (tertiary/aromatic N) is 4. The van der Waals surface area contributed by atoms with Crippen LogP contribution in [0, 0.1) is 11.3 Å². The zero-order valence-electron chi connectivity index (χ0n) is 17.2. The topological polar surface area (TPSA) is 108 Å². The van der Waals surface area contributed by atoms with Gasteiger partial charge in [0, 0.05) is 24.5 Å². The van der Waals surface area contributed by atoms with Gasteiger partial charge in [-0.25, -0.2) is 4.98 Å². The molecule has 0 saturated heterocycles. The second-order valence-corrected chi connectivity index (χ2v) is 7.30. The average molecular weight is 413 g/mol. The van der Waals surface area contributed by atoms with Crippen LogP contribution in [-0.4, -0.2) is 26.9 Å². The predicted molar refractivity (Wildman–Crippen MR) is 118 cm³/mol. The minimum atomic E-state index is 0.0544. The summed E-state index contributed by atoms with van der Waals surface area (Å²) in [5.74, 6) is 0.587. The van der Waals surface area contributed by atoms with Gasteiger partial charge in [0.25, 0.3) is 0 Å². The number of nitrogens with one attached hydrogen (secondary N) is 1. The van der Waals surface area contributed by atoms with Crippen LogP contribution in [0.2, 0.25) is 0 Å². The first kappa shape index (κ1) is 20.5. The lowest BCUT2D eigenvalue weighted by atomic mass is 9.99. The molecule has 4 rings (SSSR count). The molecule has 4 aromatic rings. The Kier molecular flexibility index (Phi) is 6.20. The molecule has 156 valence electrons. The molecule has 1 unspecified atom stereocenters. The third-order valence-electron chi connectivity index (χ3n) is 5.28. The molecule has 7 heteroatoms. The second kappa shape index (κ2) is 9.37. The van der Waals surface area contributed by atoms with Crippen LogP contribution >= 0.6 is 0 Å². The first-order valence-corrected chi connectivity index (χ1v) is 10.3. The maximum absolute atomic E-state index is 9.43. The third-order valence-corrected chi connectivity index (χ3v) is 5.28. The van der Waals surface area contributed by atoms with Crippen molar-refractivity contribution in [2.75, 3.05) is 11.9 Å². The molecule has 0 fully saturated rings. The van der Waals surface area contributed by atoms with Crippen LogP contribution in [0.15, 0.2) is 59.0 Å². The summed E-state index contributed by atoms with van der Waals surface area (Å²) >= 11 is 0. The molecule has 0 aliphatic rings. The number of aliphatic hydroxyl groups is 1. The van der Waals surface area contributed by atoms with Crippen molar-refractivity contribution in [3.05, 3.63) is 71.7 Å². The quantitative estimate of drug-likeness (QED) is 0.433. The molecule has 0 bridgehead atoms. The number of anilines is 1. The molecule has 2 aromatic heterocycles. The summed E-state index contributed by atoms with van der Waals surface area (Å²) in [6.45, 7) is 2.59. The number of fused-ring (bicyclic) bond motifs is 1. The summed E-state index contributed by atoms with van der Waals surface area (Å²) in [6, 6.07) is 20.3. The maximum Gasteiger partial charge on any atom is 0.315 e. The number of benzene rings is 2. The molecular formula is C24H23N5O2. The van der Waals surface area contributed by atoms with Crippen LogP contribution in [-0.2, 0) is 6.54 Å². The first-order valence-electron chi connectivity index (χ1n) is 10.3. The van der Waals surface area contributed by atoms with E-state index in [-0.39, 0.29) is 12.5 Å².